The lowest BCUT2D eigenvalue weighted by molar-refractivity contribution is 0.0696. The second-order valence-electron chi connectivity index (χ2n) is 3.70. The first kappa shape index (κ1) is 13.5. The second kappa shape index (κ2) is 5.83. The molecule has 0 amide bonds. The monoisotopic (exact) mass is 326 g/mol. The number of carbonyl (C=O) groups is 1. The van der Waals surface area contributed by atoms with Gasteiger partial charge in [0, 0.05) is 6.42 Å². The number of carboxylic acids is 1. The smallest absolute Gasteiger partial charge is 0.335 e. The van der Waals surface area contributed by atoms with E-state index >= 15 is 0 Å². The Bertz CT molecular complexity index is 597. The van der Waals surface area contributed by atoms with Crippen molar-refractivity contribution in [3.8, 4) is 5.75 Å². The van der Waals surface area contributed by atoms with Crippen LogP contribution in [0.5, 0.6) is 5.75 Å². The first-order valence-corrected chi connectivity index (χ1v) is 6.36. The van der Waals surface area contributed by atoms with Crippen LogP contribution in [0.3, 0.4) is 0 Å². The van der Waals surface area contributed by atoms with Crippen molar-refractivity contribution in [3.63, 3.8) is 0 Å². The molecule has 1 N–H and O–H groups in total. The quantitative estimate of drug-likeness (QED) is 0.909. The minimum absolute atomic E-state index is 0.161. The van der Waals surface area contributed by atoms with E-state index in [9.17, 15) is 4.79 Å². The number of ether oxygens (including phenoxy) is 1. The summed E-state index contributed by atoms with van der Waals surface area (Å²) in [4.78, 5) is 14.9. The Labute approximate surface area is 117 Å². The molecule has 19 heavy (non-hydrogen) atoms. The Kier molecular flexibility index (Phi) is 4.16. The summed E-state index contributed by atoms with van der Waals surface area (Å²) in [6, 6.07) is 4.52. The zero-order chi connectivity index (χ0) is 13.8. The van der Waals surface area contributed by atoms with Crippen molar-refractivity contribution in [2.45, 2.75) is 20.0 Å². The molecule has 0 aliphatic rings. The maximum Gasteiger partial charge on any atom is 0.335 e. The standard InChI is InChI=1S/C12H11BrN2O4/c1-2-11-14-10(15-19-11)6-18-9-4-3-7(12(16)17)5-8(9)13/h3-5H,2,6H2,1H3,(H,16,17). The summed E-state index contributed by atoms with van der Waals surface area (Å²) >= 11 is 3.26. The second-order valence-corrected chi connectivity index (χ2v) is 4.55. The Morgan fingerprint density at radius 2 is 2.32 bits per heavy atom. The van der Waals surface area contributed by atoms with Crippen molar-refractivity contribution in [2.75, 3.05) is 0 Å². The summed E-state index contributed by atoms with van der Waals surface area (Å²) in [7, 11) is 0. The van der Waals surface area contributed by atoms with Crippen LogP contribution in [-0.4, -0.2) is 21.2 Å². The molecule has 2 rings (SSSR count). The highest BCUT2D eigenvalue weighted by Gasteiger charge is 2.09. The largest absolute Gasteiger partial charge is 0.484 e. The molecule has 100 valence electrons. The van der Waals surface area contributed by atoms with Crippen LogP contribution in [0.1, 0.15) is 29.0 Å². The topological polar surface area (TPSA) is 85.5 Å². The van der Waals surface area contributed by atoms with Gasteiger partial charge in [0.2, 0.25) is 11.7 Å². The molecule has 0 radical (unpaired) electrons. The van der Waals surface area contributed by atoms with Gasteiger partial charge in [0.25, 0.3) is 0 Å². The van der Waals surface area contributed by atoms with E-state index in [1.165, 1.54) is 12.1 Å². The van der Waals surface area contributed by atoms with Crippen molar-refractivity contribution in [2.24, 2.45) is 0 Å². The van der Waals surface area contributed by atoms with Gasteiger partial charge in [-0.3, -0.25) is 0 Å². The van der Waals surface area contributed by atoms with Gasteiger partial charge in [-0.15, -0.1) is 0 Å². The highest BCUT2D eigenvalue weighted by Crippen LogP contribution is 2.26. The van der Waals surface area contributed by atoms with E-state index in [-0.39, 0.29) is 12.2 Å². The van der Waals surface area contributed by atoms with E-state index in [2.05, 4.69) is 26.1 Å². The van der Waals surface area contributed by atoms with E-state index in [0.29, 0.717) is 28.4 Å². The van der Waals surface area contributed by atoms with Gasteiger partial charge < -0.3 is 14.4 Å². The van der Waals surface area contributed by atoms with Gasteiger partial charge in [-0.2, -0.15) is 4.98 Å². The van der Waals surface area contributed by atoms with Crippen LogP contribution in [0, 0.1) is 0 Å². The molecule has 1 heterocycles. The summed E-state index contributed by atoms with van der Waals surface area (Å²) in [6.07, 6.45) is 0.671. The van der Waals surface area contributed by atoms with Crippen molar-refractivity contribution in [3.05, 3.63) is 40.0 Å². The molecule has 0 spiro atoms. The zero-order valence-corrected chi connectivity index (χ0v) is 11.7. The maximum absolute atomic E-state index is 10.8. The number of hydrogen-bond donors (Lipinski definition) is 1. The average Bonchev–Trinajstić information content (AvgIpc) is 2.85. The van der Waals surface area contributed by atoms with E-state index < -0.39 is 5.97 Å². The maximum atomic E-state index is 10.8. The van der Waals surface area contributed by atoms with Crippen LogP contribution < -0.4 is 4.74 Å². The minimum atomic E-state index is -0.988. The third kappa shape index (κ3) is 3.31. The number of carboxylic acid groups (broad SMARTS) is 1. The van der Waals surface area contributed by atoms with Gasteiger partial charge in [0.05, 0.1) is 10.0 Å². The average molecular weight is 327 g/mol. The van der Waals surface area contributed by atoms with Gasteiger partial charge in [-0.1, -0.05) is 12.1 Å². The number of aromatic nitrogens is 2. The van der Waals surface area contributed by atoms with E-state index in [4.69, 9.17) is 14.4 Å². The van der Waals surface area contributed by atoms with Crippen LogP contribution in [0.2, 0.25) is 0 Å². The summed E-state index contributed by atoms with van der Waals surface area (Å²) in [5.74, 6) is 0.538. The molecule has 0 saturated carbocycles. The molecule has 0 aliphatic heterocycles. The first-order valence-electron chi connectivity index (χ1n) is 5.57. The van der Waals surface area contributed by atoms with Crippen LogP contribution in [0.25, 0.3) is 0 Å². The molecule has 0 aliphatic carbocycles. The van der Waals surface area contributed by atoms with Crippen LogP contribution in [-0.2, 0) is 13.0 Å². The number of benzene rings is 1. The van der Waals surface area contributed by atoms with Crippen molar-refractivity contribution >= 4 is 21.9 Å². The molecule has 0 saturated heterocycles. The molecule has 0 fully saturated rings. The summed E-state index contributed by atoms with van der Waals surface area (Å²) < 4.78 is 11.0. The Balaban J connectivity index is 2.05. The molecule has 6 nitrogen and oxygen atoms in total. The Morgan fingerprint density at radius 1 is 1.53 bits per heavy atom. The SMILES string of the molecule is CCc1nc(COc2ccc(C(=O)O)cc2Br)no1. The number of halogens is 1. The number of aryl methyl sites for hydroxylation is 1. The van der Waals surface area contributed by atoms with E-state index in [1.807, 2.05) is 6.92 Å². The number of hydrogen-bond acceptors (Lipinski definition) is 5. The molecule has 1 aromatic heterocycles. The zero-order valence-electron chi connectivity index (χ0n) is 10.1. The van der Waals surface area contributed by atoms with Crippen molar-refractivity contribution < 1.29 is 19.2 Å². The Hall–Kier alpha value is -1.89. The van der Waals surface area contributed by atoms with Crippen LogP contribution in [0.15, 0.2) is 27.2 Å². The molecule has 2 aromatic rings. The minimum Gasteiger partial charge on any atom is -0.484 e. The first-order chi connectivity index (χ1) is 9.10. The number of nitrogens with zero attached hydrogens (tertiary/aromatic N) is 2. The molecular formula is C12H11BrN2O4. The lowest BCUT2D eigenvalue weighted by atomic mass is 10.2. The normalized spacial score (nSPS) is 10.4. The van der Waals surface area contributed by atoms with Crippen molar-refractivity contribution in [1.29, 1.82) is 0 Å². The predicted octanol–water partition coefficient (Wildman–Crippen LogP) is 2.67. The summed E-state index contributed by atoms with van der Waals surface area (Å²) in [5.41, 5.74) is 0.187. The van der Waals surface area contributed by atoms with Gasteiger partial charge in [0.15, 0.2) is 6.61 Å². The van der Waals surface area contributed by atoms with Gasteiger partial charge in [-0.05, 0) is 34.1 Å². The van der Waals surface area contributed by atoms with E-state index in [1.54, 1.807) is 6.07 Å². The fourth-order valence-corrected chi connectivity index (χ4v) is 1.88. The number of aromatic carboxylic acids is 1. The Morgan fingerprint density at radius 3 is 2.89 bits per heavy atom. The summed E-state index contributed by atoms with van der Waals surface area (Å²) in [5, 5.41) is 12.6. The van der Waals surface area contributed by atoms with Crippen LogP contribution >= 0.6 is 15.9 Å². The highest BCUT2D eigenvalue weighted by molar-refractivity contribution is 9.10. The summed E-state index contributed by atoms with van der Waals surface area (Å²) in [6.45, 7) is 2.08. The van der Waals surface area contributed by atoms with Gasteiger partial charge >= 0.3 is 5.97 Å². The molecular weight excluding hydrogens is 316 g/mol. The molecule has 0 bridgehead atoms. The molecule has 1 aromatic carbocycles. The highest BCUT2D eigenvalue weighted by atomic mass is 79.9. The number of rotatable bonds is 5. The van der Waals surface area contributed by atoms with Crippen LogP contribution in [0.4, 0.5) is 0 Å². The van der Waals surface area contributed by atoms with Gasteiger partial charge in [0.1, 0.15) is 5.75 Å². The lowest BCUT2D eigenvalue weighted by Crippen LogP contribution is -2.00. The third-order valence-corrected chi connectivity index (χ3v) is 2.97. The molecule has 7 heteroatoms. The fraction of sp³-hybridized carbons (Fsp3) is 0.250. The predicted molar refractivity (Wildman–Crippen MR) is 69.1 cm³/mol. The van der Waals surface area contributed by atoms with Gasteiger partial charge in [-0.25, -0.2) is 4.79 Å². The van der Waals surface area contributed by atoms with E-state index in [0.717, 1.165) is 0 Å². The van der Waals surface area contributed by atoms with Crippen molar-refractivity contribution in [1.82, 2.24) is 10.1 Å². The lowest BCUT2D eigenvalue weighted by Gasteiger charge is -2.06. The fourth-order valence-electron chi connectivity index (χ4n) is 1.39. The molecule has 0 atom stereocenters. The third-order valence-electron chi connectivity index (χ3n) is 2.35. The molecule has 0 unspecified atom stereocenters.